The Bertz CT molecular complexity index is 745. The molecule has 26 heavy (non-hydrogen) atoms. The van der Waals surface area contributed by atoms with E-state index in [9.17, 15) is 19.2 Å². The van der Waals surface area contributed by atoms with Crippen molar-refractivity contribution in [1.29, 1.82) is 0 Å². The topological polar surface area (TPSA) is 117 Å². The summed E-state index contributed by atoms with van der Waals surface area (Å²) in [6.45, 7) is 3.97. The molecule has 1 saturated heterocycles. The zero-order valence-corrected chi connectivity index (χ0v) is 15.9. The van der Waals surface area contributed by atoms with E-state index in [4.69, 9.17) is 4.74 Å². The highest BCUT2D eigenvalue weighted by Crippen LogP contribution is 2.34. The van der Waals surface area contributed by atoms with E-state index in [0.29, 0.717) is 23.4 Å². The Hall–Kier alpha value is -2.62. The fourth-order valence-corrected chi connectivity index (χ4v) is 3.79. The Morgan fingerprint density at radius 3 is 2.62 bits per heavy atom. The molecule has 0 saturated carbocycles. The quantitative estimate of drug-likeness (QED) is 0.656. The van der Waals surface area contributed by atoms with E-state index in [1.807, 2.05) is 0 Å². The molecule has 0 aliphatic carbocycles. The molecule has 9 nitrogen and oxygen atoms in total. The molecular formula is C16H22N4O5S. The van der Waals surface area contributed by atoms with Crippen molar-refractivity contribution in [3.8, 4) is 0 Å². The minimum atomic E-state index is -0.618. The van der Waals surface area contributed by atoms with Crippen molar-refractivity contribution in [2.24, 2.45) is 0 Å². The lowest BCUT2D eigenvalue weighted by atomic mass is 10.1. The van der Waals surface area contributed by atoms with Crippen molar-refractivity contribution in [3.05, 3.63) is 16.0 Å². The molecule has 142 valence electrons. The van der Waals surface area contributed by atoms with E-state index in [0.717, 1.165) is 11.3 Å². The third kappa shape index (κ3) is 3.79. The third-order valence-corrected chi connectivity index (χ3v) is 5.29. The van der Waals surface area contributed by atoms with Gasteiger partial charge < -0.3 is 20.3 Å². The molecule has 1 aliphatic rings. The van der Waals surface area contributed by atoms with Crippen LogP contribution < -0.4 is 16.0 Å². The van der Waals surface area contributed by atoms with Crippen molar-refractivity contribution >= 4 is 40.2 Å². The van der Waals surface area contributed by atoms with E-state index in [2.05, 4.69) is 16.0 Å². The molecule has 1 unspecified atom stereocenters. The van der Waals surface area contributed by atoms with Gasteiger partial charge in [0.25, 0.3) is 5.91 Å². The number of nitrogens with zero attached hydrogens (tertiary/aromatic N) is 1. The van der Waals surface area contributed by atoms with Gasteiger partial charge in [0.1, 0.15) is 11.0 Å². The number of thiophene rings is 1. The fraction of sp³-hybridized carbons (Fsp3) is 0.500. The molecule has 2 heterocycles. The number of carbonyl (C=O) groups excluding carboxylic acids is 4. The number of ether oxygens (including phenoxy) is 1. The van der Waals surface area contributed by atoms with Crippen LogP contribution in [-0.4, -0.2) is 62.0 Å². The molecule has 0 radical (unpaired) electrons. The van der Waals surface area contributed by atoms with E-state index in [1.165, 1.54) is 19.0 Å². The minimum absolute atomic E-state index is 0.146. The van der Waals surface area contributed by atoms with Crippen LogP contribution in [0.5, 0.6) is 0 Å². The number of carbonyl (C=O) groups is 4. The summed E-state index contributed by atoms with van der Waals surface area (Å²) in [6.07, 6.45) is 0.514. The second-order valence-corrected chi connectivity index (χ2v) is 6.72. The van der Waals surface area contributed by atoms with Crippen LogP contribution in [0.15, 0.2) is 0 Å². The lowest BCUT2D eigenvalue weighted by Crippen LogP contribution is -2.43. The van der Waals surface area contributed by atoms with Crippen molar-refractivity contribution in [2.75, 3.05) is 32.6 Å². The predicted octanol–water partition coefficient (Wildman–Crippen LogP) is 0.945. The second-order valence-electron chi connectivity index (χ2n) is 5.70. The van der Waals surface area contributed by atoms with Gasteiger partial charge in [-0.2, -0.15) is 0 Å². The van der Waals surface area contributed by atoms with Gasteiger partial charge in [-0.3, -0.25) is 14.9 Å². The Balaban J connectivity index is 2.31. The van der Waals surface area contributed by atoms with Crippen molar-refractivity contribution in [2.45, 2.75) is 26.3 Å². The highest BCUT2D eigenvalue weighted by molar-refractivity contribution is 7.18. The van der Waals surface area contributed by atoms with E-state index in [1.54, 1.807) is 13.8 Å². The maximum atomic E-state index is 12.5. The van der Waals surface area contributed by atoms with E-state index >= 15 is 0 Å². The first-order valence-corrected chi connectivity index (χ1v) is 8.97. The van der Waals surface area contributed by atoms with Crippen LogP contribution in [0.25, 0.3) is 0 Å². The molecule has 1 aromatic rings. The van der Waals surface area contributed by atoms with Gasteiger partial charge in [0.2, 0.25) is 5.91 Å². The van der Waals surface area contributed by atoms with Gasteiger partial charge in [0.05, 0.1) is 17.0 Å². The molecule has 1 atom stereocenters. The molecule has 1 aromatic heterocycles. The summed E-state index contributed by atoms with van der Waals surface area (Å²) < 4.78 is 5.04. The number of esters is 1. The number of hydrogen-bond acceptors (Lipinski definition) is 6. The van der Waals surface area contributed by atoms with Gasteiger partial charge in [0, 0.05) is 20.6 Å². The van der Waals surface area contributed by atoms with Crippen molar-refractivity contribution in [1.82, 2.24) is 15.5 Å². The SMILES string of the molecule is CCOC(=O)c1c(NC(=O)N(C)C2CCNC2=O)sc(C(=O)NC)c1C. The average molecular weight is 382 g/mol. The summed E-state index contributed by atoms with van der Waals surface area (Å²) in [5.74, 6) is -1.20. The zero-order valence-electron chi connectivity index (χ0n) is 15.1. The number of urea groups is 1. The van der Waals surface area contributed by atoms with Crippen LogP contribution in [0.4, 0.5) is 9.80 Å². The minimum Gasteiger partial charge on any atom is -0.462 e. The lowest BCUT2D eigenvalue weighted by Gasteiger charge is -2.22. The molecule has 4 amide bonds. The maximum absolute atomic E-state index is 12.5. The molecule has 10 heteroatoms. The number of rotatable bonds is 5. The van der Waals surface area contributed by atoms with Crippen molar-refractivity contribution < 1.29 is 23.9 Å². The second kappa shape index (κ2) is 8.17. The van der Waals surface area contributed by atoms with Gasteiger partial charge in [-0.05, 0) is 25.8 Å². The van der Waals surface area contributed by atoms with Crippen LogP contribution in [0.1, 0.15) is 38.9 Å². The number of anilines is 1. The Morgan fingerprint density at radius 2 is 2.08 bits per heavy atom. The Morgan fingerprint density at radius 1 is 1.38 bits per heavy atom. The molecule has 1 fully saturated rings. The number of nitrogens with one attached hydrogen (secondary N) is 3. The van der Waals surface area contributed by atoms with Gasteiger partial charge in [-0.25, -0.2) is 9.59 Å². The zero-order chi connectivity index (χ0) is 19.4. The third-order valence-electron chi connectivity index (χ3n) is 4.09. The largest absolute Gasteiger partial charge is 0.462 e. The number of hydrogen-bond donors (Lipinski definition) is 3. The van der Waals surface area contributed by atoms with Gasteiger partial charge >= 0.3 is 12.0 Å². The Kier molecular flexibility index (Phi) is 6.19. The molecule has 2 rings (SSSR count). The smallest absolute Gasteiger partial charge is 0.341 e. The summed E-state index contributed by atoms with van der Waals surface area (Å²) in [6, 6.07) is -1.11. The normalized spacial score (nSPS) is 16.0. The van der Waals surface area contributed by atoms with Gasteiger partial charge in [0.15, 0.2) is 0 Å². The molecular weight excluding hydrogens is 360 g/mol. The van der Waals surface area contributed by atoms with Crippen LogP contribution in [-0.2, 0) is 9.53 Å². The standard InChI is InChI=1S/C16H22N4O5S/c1-5-25-15(23)10-8(2)11(13(22)17-3)26-14(10)19-16(24)20(4)9-6-7-18-12(9)21/h9H,5-7H2,1-4H3,(H,17,22)(H,18,21)(H,19,24). The highest BCUT2D eigenvalue weighted by Gasteiger charge is 2.32. The molecule has 3 N–H and O–H groups in total. The van der Waals surface area contributed by atoms with Crippen LogP contribution in [0.3, 0.4) is 0 Å². The summed E-state index contributed by atoms with van der Waals surface area (Å²) in [5.41, 5.74) is 0.581. The molecule has 0 bridgehead atoms. The Labute approximate surface area is 155 Å². The summed E-state index contributed by atoms with van der Waals surface area (Å²) in [7, 11) is 2.99. The van der Waals surface area contributed by atoms with Crippen molar-refractivity contribution in [3.63, 3.8) is 0 Å². The van der Waals surface area contributed by atoms with E-state index in [-0.39, 0.29) is 29.0 Å². The molecule has 0 spiro atoms. The van der Waals surface area contributed by atoms with Gasteiger partial charge in [-0.15, -0.1) is 11.3 Å². The predicted molar refractivity (Wildman–Crippen MR) is 96.6 cm³/mol. The van der Waals surface area contributed by atoms with Gasteiger partial charge in [-0.1, -0.05) is 0 Å². The number of likely N-dealkylation sites (N-methyl/N-ethyl adjacent to an activating group) is 1. The van der Waals surface area contributed by atoms with Crippen LogP contribution in [0.2, 0.25) is 0 Å². The monoisotopic (exact) mass is 382 g/mol. The first kappa shape index (κ1) is 19.7. The van der Waals surface area contributed by atoms with Crippen LogP contribution >= 0.6 is 11.3 Å². The maximum Gasteiger partial charge on any atom is 0.341 e. The van der Waals surface area contributed by atoms with Crippen LogP contribution in [0, 0.1) is 6.92 Å². The highest BCUT2D eigenvalue weighted by atomic mass is 32.1. The molecule has 1 aliphatic heterocycles. The summed E-state index contributed by atoms with van der Waals surface area (Å²) in [4.78, 5) is 50.2. The summed E-state index contributed by atoms with van der Waals surface area (Å²) >= 11 is 0.990. The fourth-order valence-electron chi connectivity index (χ4n) is 2.66. The average Bonchev–Trinajstić information content (AvgIpc) is 3.17. The molecule has 0 aromatic carbocycles. The van der Waals surface area contributed by atoms with E-state index < -0.39 is 18.0 Å². The first-order chi connectivity index (χ1) is 12.3. The lowest BCUT2D eigenvalue weighted by molar-refractivity contribution is -0.122. The first-order valence-electron chi connectivity index (χ1n) is 8.15. The number of amides is 4. The summed E-state index contributed by atoms with van der Waals surface area (Å²) in [5, 5.41) is 8.02.